The number of benzene rings is 1. The Morgan fingerprint density at radius 3 is 2.70 bits per heavy atom. The van der Waals surface area contributed by atoms with Crippen LogP contribution in [0.3, 0.4) is 0 Å². The smallest absolute Gasteiger partial charge is 0.271 e. The van der Waals surface area contributed by atoms with Crippen molar-refractivity contribution < 1.29 is 13.6 Å². The molecule has 0 aliphatic carbocycles. The summed E-state index contributed by atoms with van der Waals surface area (Å²) in [5.74, 6) is -2.23. The maximum absolute atomic E-state index is 14.6. The van der Waals surface area contributed by atoms with Gasteiger partial charge in [-0.25, -0.2) is 13.8 Å². The van der Waals surface area contributed by atoms with E-state index in [9.17, 15) is 13.6 Å². The third-order valence-corrected chi connectivity index (χ3v) is 4.41. The largest absolute Gasteiger partial charge is 0.323 e. The lowest BCUT2D eigenvalue weighted by Crippen LogP contribution is -2.43. The van der Waals surface area contributed by atoms with E-state index in [0.717, 1.165) is 34.8 Å². The fraction of sp³-hybridized carbons (Fsp3) is 0.150. The van der Waals surface area contributed by atoms with Crippen molar-refractivity contribution in [1.29, 1.82) is 0 Å². The average Bonchev–Trinajstić information content (AvgIpc) is 3.08. The number of fused-ring (bicyclic) bond motifs is 1. The Bertz CT molecular complexity index is 1090. The van der Waals surface area contributed by atoms with Crippen LogP contribution in [0.4, 0.5) is 14.5 Å². The molecule has 0 radical (unpaired) electrons. The SMILES string of the molecule is Cc1ccc2nc(-c3ccc(NC(=O)C4(F)CN=CC=C4F)cc3)cn2c1. The Balaban J connectivity index is 1.54. The summed E-state index contributed by atoms with van der Waals surface area (Å²) in [6.07, 6.45) is 5.89. The normalized spacial score (nSPS) is 19.1. The number of anilines is 1. The van der Waals surface area contributed by atoms with E-state index in [0.29, 0.717) is 5.69 Å². The predicted molar refractivity (Wildman–Crippen MR) is 100 cm³/mol. The van der Waals surface area contributed by atoms with Crippen LogP contribution >= 0.6 is 0 Å². The van der Waals surface area contributed by atoms with Crippen molar-refractivity contribution in [2.24, 2.45) is 4.99 Å². The van der Waals surface area contributed by atoms with Crippen LogP contribution in [0.1, 0.15) is 5.56 Å². The number of aryl methyl sites for hydroxylation is 1. The van der Waals surface area contributed by atoms with Crippen molar-refractivity contribution in [2.45, 2.75) is 12.6 Å². The number of carbonyl (C=O) groups excluding carboxylic acids is 1. The number of pyridine rings is 1. The Hall–Kier alpha value is -3.35. The second kappa shape index (κ2) is 6.42. The molecule has 0 fully saturated rings. The zero-order valence-corrected chi connectivity index (χ0v) is 14.5. The van der Waals surface area contributed by atoms with Gasteiger partial charge in [-0.2, -0.15) is 0 Å². The molecule has 2 aromatic heterocycles. The lowest BCUT2D eigenvalue weighted by atomic mass is 10.0. The number of allylic oxidation sites excluding steroid dienone is 1. The van der Waals surface area contributed by atoms with Gasteiger partial charge in [0, 0.05) is 29.9 Å². The fourth-order valence-corrected chi connectivity index (χ4v) is 2.88. The molecule has 0 saturated carbocycles. The Morgan fingerprint density at radius 1 is 1.19 bits per heavy atom. The molecule has 136 valence electrons. The van der Waals surface area contributed by atoms with E-state index >= 15 is 0 Å². The van der Waals surface area contributed by atoms with Gasteiger partial charge in [0.2, 0.25) is 0 Å². The lowest BCUT2D eigenvalue weighted by molar-refractivity contribution is -0.125. The second-order valence-corrected chi connectivity index (χ2v) is 6.44. The van der Waals surface area contributed by atoms with Crippen molar-refractivity contribution in [1.82, 2.24) is 9.38 Å². The van der Waals surface area contributed by atoms with Gasteiger partial charge in [0.1, 0.15) is 5.65 Å². The third-order valence-electron chi connectivity index (χ3n) is 4.41. The van der Waals surface area contributed by atoms with Gasteiger partial charge in [0.15, 0.2) is 5.83 Å². The molecule has 1 atom stereocenters. The first kappa shape index (κ1) is 17.1. The molecular formula is C20H16F2N4O. The van der Waals surface area contributed by atoms with E-state index in [-0.39, 0.29) is 0 Å². The number of rotatable bonds is 3. The summed E-state index contributed by atoms with van der Waals surface area (Å²) in [6.45, 7) is 1.43. The number of imidazole rings is 1. The van der Waals surface area contributed by atoms with Gasteiger partial charge in [0.05, 0.1) is 12.2 Å². The van der Waals surface area contributed by atoms with Crippen LogP contribution in [-0.2, 0) is 4.79 Å². The first-order valence-electron chi connectivity index (χ1n) is 8.38. The molecule has 1 unspecified atom stereocenters. The highest BCUT2D eigenvalue weighted by molar-refractivity contribution is 6.01. The molecule has 3 aromatic rings. The topological polar surface area (TPSA) is 58.8 Å². The first-order valence-corrected chi connectivity index (χ1v) is 8.38. The summed E-state index contributed by atoms with van der Waals surface area (Å²) in [5, 5.41) is 2.40. The highest BCUT2D eigenvalue weighted by Crippen LogP contribution is 2.28. The number of amides is 1. The van der Waals surface area contributed by atoms with Gasteiger partial charge in [-0.05, 0) is 36.8 Å². The van der Waals surface area contributed by atoms with E-state index in [1.165, 1.54) is 0 Å². The van der Waals surface area contributed by atoms with Crippen molar-refractivity contribution >= 4 is 23.5 Å². The van der Waals surface area contributed by atoms with E-state index in [1.807, 2.05) is 35.9 Å². The Labute approximate surface area is 154 Å². The minimum atomic E-state index is -2.77. The van der Waals surface area contributed by atoms with Gasteiger partial charge >= 0.3 is 0 Å². The lowest BCUT2D eigenvalue weighted by Gasteiger charge is -2.22. The highest BCUT2D eigenvalue weighted by atomic mass is 19.2. The molecule has 1 aliphatic rings. The molecule has 0 bridgehead atoms. The number of alkyl halides is 1. The maximum atomic E-state index is 14.6. The molecule has 1 amide bonds. The van der Waals surface area contributed by atoms with Crippen LogP contribution in [0, 0.1) is 6.92 Å². The molecule has 1 aromatic carbocycles. The number of dihydropyridines is 1. The number of carbonyl (C=O) groups is 1. The molecular weight excluding hydrogens is 350 g/mol. The van der Waals surface area contributed by atoms with Crippen molar-refractivity contribution in [3.05, 3.63) is 66.3 Å². The highest BCUT2D eigenvalue weighted by Gasteiger charge is 2.44. The van der Waals surface area contributed by atoms with Gasteiger partial charge < -0.3 is 9.72 Å². The summed E-state index contributed by atoms with van der Waals surface area (Å²) in [5.41, 5.74) is 1.16. The molecule has 3 heterocycles. The summed E-state index contributed by atoms with van der Waals surface area (Å²) in [4.78, 5) is 20.3. The van der Waals surface area contributed by atoms with Crippen LogP contribution in [0.5, 0.6) is 0 Å². The molecule has 0 saturated heterocycles. The van der Waals surface area contributed by atoms with Crippen LogP contribution < -0.4 is 5.32 Å². The summed E-state index contributed by atoms with van der Waals surface area (Å²) in [6, 6.07) is 10.7. The number of nitrogens with one attached hydrogen (secondary N) is 1. The number of aliphatic imine (C=N–C) groups is 1. The number of halogens is 2. The molecule has 1 N–H and O–H groups in total. The van der Waals surface area contributed by atoms with E-state index in [1.54, 1.807) is 24.3 Å². The Morgan fingerprint density at radius 2 is 1.96 bits per heavy atom. The van der Waals surface area contributed by atoms with E-state index < -0.39 is 23.9 Å². The van der Waals surface area contributed by atoms with E-state index in [2.05, 4.69) is 15.3 Å². The molecule has 27 heavy (non-hydrogen) atoms. The second-order valence-electron chi connectivity index (χ2n) is 6.44. The number of hydrogen-bond acceptors (Lipinski definition) is 3. The zero-order chi connectivity index (χ0) is 19.0. The van der Waals surface area contributed by atoms with Crippen LogP contribution in [-0.4, -0.2) is 33.7 Å². The Kier molecular flexibility index (Phi) is 4.07. The number of nitrogens with zero attached hydrogens (tertiary/aromatic N) is 3. The number of hydrogen-bond donors (Lipinski definition) is 1. The van der Waals surface area contributed by atoms with Crippen LogP contribution in [0.15, 0.2) is 65.7 Å². The first-order chi connectivity index (χ1) is 13.0. The average molecular weight is 366 g/mol. The van der Waals surface area contributed by atoms with Crippen LogP contribution in [0.2, 0.25) is 0 Å². The minimum Gasteiger partial charge on any atom is -0.323 e. The standard InChI is InChI=1S/C20H16F2N4O/c1-13-2-7-18-25-16(11-26(18)10-13)14-3-5-15(6-4-14)24-19(27)20(22)12-23-9-8-17(20)21/h2-11H,12H2,1H3,(H,24,27). The minimum absolute atomic E-state index is 0.364. The van der Waals surface area contributed by atoms with Crippen molar-refractivity contribution in [3.8, 4) is 11.3 Å². The van der Waals surface area contributed by atoms with Crippen molar-refractivity contribution in [2.75, 3.05) is 11.9 Å². The maximum Gasteiger partial charge on any atom is 0.271 e. The molecule has 1 aliphatic heterocycles. The van der Waals surface area contributed by atoms with Crippen LogP contribution in [0.25, 0.3) is 16.9 Å². The third kappa shape index (κ3) is 3.12. The molecule has 5 nitrogen and oxygen atoms in total. The van der Waals surface area contributed by atoms with Gasteiger partial charge in [-0.15, -0.1) is 0 Å². The number of aromatic nitrogens is 2. The summed E-state index contributed by atoms with van der Waals surface area (Å²) in [7, 11) is 0. The van der Waals surface area contributed by atoms with Gasteiger partial charge in [-0.1, -0.05) is 18.2 Å². The van der Waals surface area contributed by atoms with E-state index in [4.69, 9.17) is 0 Å². The quantitative estimate of drug-likeness (QED) is 0.764. The zero-order valence-electron chi connectivity index (χ0n) is 14.5. The van der Waals surface area contributed by atoms with Gasteiger partial charge in [-0.3, -0.25) is 9.79 Å². The molecule has 0 spiro atoms. The molecule has 4 rings (SSSR count). The summed E-state index contributed by atoms with van der Waals surface area (Å²) < 4.78 is 30.2. The van der Waals surface area contributed by atoms with Gasteiger partial charge in [0.25, 0.3) is 11.6 Å². The molecule has 7 heteroatoms. The monoisotopic (exact) mass is 366 g/mol. The summed E-state index contributed by atoms with van der Waals surface area (Å²) >= 11 is 0. The fourth-order valence-electron chi connectivity index (χ4n) is 2.88. The van der Waals surface area contributed by atoms with Crippen molar-refractivity contribution in [3.63, 3.8) is 0 Å². The predicted octanol–water partition coefficient (Wildman–Crippen LogP) is 3.89.